The quantitative estimate of drug-likeness (QED) is 0.813. The molecule has 5 heteroatoms. The van der Waals surface area contributed by atoms with Gasteiger partial charge in [0.05, 0.1) is 18.0 Å². The number of hydrogen-bond acceptors (Lipinski definition) is 3. The summed E-state index contributed by atoms with van der Waals surface area (Å²) >= 11 is 8.73. The van der Waals surface area contributed by atoms with Crippen LogP contribution >= 0.6 is 28.1 Å². The minimum Gasteiger partial charge on any atom is -0.348 e. The molecule has 2 aromatic rings. The van der Waals surface area contributed by atoms with E-state index in [1.165, 1.54) is 0 Å². The van der Waals surface area contributed by atoms with Crippen LogP contribution in [-0.4, -0.2) is 22.2 Å². The fourth-order valence-electron chi connectivity index (χ4n) is 1.97. The van der Waals surface area contributed by atoms with E-state index in [1.54, 1.807) is 6.20 Å². The van der Waals surface area contributed by atoms with E-state index in [-0.39, 0.29) is 0 Å². The SMILES string of the molecule is S=C1CN=C(c2ccccn2)c2ccc(Br)cc2N1. The molecule has 94 valence electrons. The molecule has 0 amide bonds. The Balaban J connectivity index is 2.18. The summed E-state index contributed by atoms with van der Waals surface area (Å²) in [5.74, 6) is 0. The van der Waals surface area contributed by atoms with Crippen molar-refractivity contribution >= 4 is 44.5 Å². The molecule has 0 unspecified atom stereocenters. The van der Waals surface area contributed by atoms with Crippen LogP contribution in [0.4, 0.5) is 5.69 Å². The van der Waals surface area contributed by atoms with Gasteiger partial charge in [0, 0.05) is 21.9 Å². The Bertz CT molecular complexity index is 668. The Kier molecular flexibility index (Phi) is 3.40. The van der Waals surface area contributed by atoms with Gasteiger partial charge in [-0.2, -0.15) is 0 Å². The fraction of sp³-hybridized carbons (Fsp3) is 0.0714. The van der Waals surface area contributed by atoms with Crippen LogP contribution in [0.5, 0.6) is 0 Å². The molecule has 0 saturated heterocycles. The Morgan fingerprint density at radius 2 is 2.11 bits per heavy atom. The van der Waals surface area contributed by atoms with E-state index in [9.17, 15) is 0 Å². The zero-order valence-electron chi connectivity index (χ0n) is 9.93. The Morgan fingerprint density at radius 1 is 1.21 bits per heavy atom. The third kappa shape index (κ3) is 2.57. The molecule has 0 bridgehead atoms. The third-order valence-electron chi connectivity index (χ3n) is 2.80. The van der Waals surface area contributed by atoms with E-state index in [0.29, 0.717) is 11.5 Å². The zero-order chi connectivity index (χ0) is 13.2. The van der Waals surface area contributed by atoms with Gasteiger partial charge < -0.3 is 5.32 Å². The second-order valence-electron chi connectivity index (χ2n) is 4.12. The summed E-state index contributed by atoms with van der Waals surface area (Å²) in [6.07, 6.45) is 1.77. The van der Waals surface area contributed by atoms with Crippen molar-refractivity contribution in [2.24, 2.45) is 4.99 Å². The molecular formula is C14H10BrN3S. The van der Waals surface area contributed by atoms with Gasteiger partial charge in [-0.15, -0.1) is 0 Å². The van der Waals surface area contributed by atoms with Crippen LogP contribution in [0.1, 0.15) is 11.3 Å². The van der Waals surface area contributed by atoms with Crippen molar-refractivity contribution in [2.45, 2.75) is 0 Å². The second-order valence-corrected chi connectivity index (χ2v) is 5.53. The largest absolute Gasteiger partial charge is 0.348 e. The van der Waals surface area contributed by atoms with E-state index in [0.717, 1.165) is 27.1 Å². The number of halogens is 1. The number of nitrogens with zero attached hydrogens (tertiary/aromatic N) is 2. The van der Waals surface area contributed by atoms with E-state index in [1.807, 2.05) is 36.4 Å². The standard InChI is InChI=1S/C14H10BrN3S/c15-9-4-5-10-12(7-9)18-13(19)8-17-14(10)11-3-1-2-6-16-11/h1-7H,8H2,(H,18,19). The van der Waals surface area contributed by atoms with Gasteiger partial charge in [-0.25, -0.2) is 0 Å². The minimum atomic E-state index is 0.480. The van der Waals surface area contributed by atoms with Gasteiger partial charge in [-0.1, -0.05) is 34.2 Å². The van der Waals surface area contributed by atoms with Crippen LogP contribution in [0.3, 0.4) is 0 Å². The number of thiocarbonyl (C=S) groups is 1. The monoisotopic (exact) mass is 331 g/mol. The zero-order valence-corrected chi connectivity index (χ0v) is 12.3. The summed E-state index contributed by atoms with van der Waals surface area (Å²) in [5, 5.41) is 3.22. The first-order chi connectivity index (χ1) is 9.24. The van der Waals surface area contributed by atoms with Crippen LogP contribution in [0.25, 0.3) is 0 Å². The fourth-order valence-corrected chi connectivity index (χ4v) is 2.51. The predicted octanol–water partition coefficient (Wildman–Crippen LogP) is 3.43. The van der Waals surface area contributed by atoms with Crippen molar-refractivity contribution < 1.29 is 0 Å². The number of rotatable bonds is 1. The number of hydrogen-bond donors (Lipinski definition) is 1. The van der Waals surface area contributed by atoms with Crippen LogP contribution in [0, 0.1) is 0 Å². The van der Waals surface area contributed by atoms with Crippen molar-refractivity contribution in [3.63, 3.8) is 0 Å². The molecule has 0 atom stereocenters. The molecule has 1 aromatic carbocycles. The molecular weight excluding hydrogens is 322 g/mol. The molecule has 1 N–H and O–H groups in total. The maximum absolute atomic E-state index is 5.26. The highest BCUT2D eigenvalue weighted by Gasteiger charge is 2.17. The number of benzene rings is 1. The Hall–Kier alpha value is -1.59. The second kappa shape index (κ2) is 5.19. The summed E-state index contributed by atoms with van der Waals surface area (Å²) < 4.78 is 1.00. The summed E-state index contributed by atoms with van der Waals surface area (Å²) in [6, 6.07) is 11.8. The maximum atomic E-state index is 5.26. The highest BCUT2D eigenvalue weighted by molar-refractivity contribution is 9.10. The number of aromatic nitrogens is 1. The van der Waals surface area contributed by atoms with Crippen LogP contribution in [-0.2, 0) is 0 Å². The Morgan fingerprint density at radius 3 is 2.89 bits per heavy atom. The van der Waals surface area contributed by atoms with Crippen LogP contribution < -0.4 is 5.32 Å². The van der Waals surface area contributed by atoms with Gasteiger partial charge in [0.15, 0.2) is 0 Å². The van der Waals surface area contributed by atoms with Gasteiger partial charge >= 0.3 is 0 Å². The summed E-state index contributed by atoms with van der Waals surface area (Å²) in [4.78, 5) is 9.67. The van der Waals surface area contributed by atoms with Crippen molar-refractivity contribution in [1.82, 2.24) is 4.98 Å². The van der Waals surface area contributed by atoms with Gasteiger partial charge in [0.1, 0.15) is 4.99 Å². The molecule has 0 aliphatic carbocycles. The Labute approximate surface area is 124 Å². The average molecular weight is 332 g/mol. The van der Waals surface area contributed by atoms with Crippen molar-refractivity contribution in [3.05, 3.63) is 58.3 Å². The summed E-state index contributed by atoms with van der Waals surface area (Å²) in [5.41, 5.74) is 3.70. The number of benzodiazepines with no additional fused rings is 1. The normalized spacial score (nSPS) is 14.2. The number of anilines is 1. The molecule has 0 radical (unpaired) electrons. The lowest BCUT2D eigenvalue weighted by Gasteiger charge is -2.10. The first kappa shape index (κ1) is 12.4. The molecule has 1 aliphatic rings. The molecule has 0 fully saturated rings. The first-order valence-corrected chi connectivity index (χ1v) is 7.00. The topological polar surface area (TPSA) is 37.3 Å². The first-order valence-electron chi connectivity index (χ1n) is 5.80. The lowest BCUT2D eigenvalue weighted by Crippen LogP contribution is -2.10. The highest BCUT2D eigenvalue weighted by Crippen LogP contribution is 2.25. The summed E-state index contributed by atoms with van der Waals surface area (Å²) in [6.45, 7) is 0.480. The van der Waals surface area contributed by atoms with E-state index >= 15 is 0 Å². The molecule has 3 rings (SSSR count). The molecule has 0 spiro atoms. The summed E-state index contributed by atoms with van der Waals surface area (Å²) in [7, 11) is 0. The molecule has 0 saturated carbocycles. The number of nitrogens with one attached hydrogen (secondary N) is 1. The van der Waals surface area contributed by atoms with Crippen molar-refractivity contribution in [1.29, 1.82) is 0 Å². The molecule has 1 aromatic heterocycles. The number of pyridine rings is 1. The minimum absolute atomic E-state index is 0.480. The number of fused-ring (bicyclic) bond motifs is 1. The van der Waals surface area contributed by atoms with Crippen LogP contribution in [0.2, 0.25) is 0 Å². The van der Waals surface area contributed by atoms with E-state index in [2.05, 4.69) is 31.2 Å². The molecule has 3 nitrogen and oxygen atoms in total. The lowest BCUT2D eigenvalue weighted by molar-refractivity contribution is 1.25. The van der Waals surface area contributed by atoms with Crippen molar-refractivity contribution in [2.75, 3.05) is 11.9 Å². The smallest absolute Gasteiger partial charge is 0.102 e. The van der Waals surface area contributed by atoms with Gasteiger partial charge in [-0.05, 0) is 30.3 Å². The van der Waals surface area contributed by atoms with E-state index in [4.69, 9.17) is 12.2 Å². The lowest BCUT2D eigenvalue weighted by atomic mass is 10.0. The van der Waals surface area contributed by atoms with Gasteiger partial charge in [0.25, 0.3) is 0 Å². The van der Waals surface area contributed by atoms with E-state index < -0.39 is 0 Å². The highest BCUT2D eigenvalue weighted by atomic mass is 79.9. The average Bonchev–Trinajstić information content (AvgIpc) is 2.57. The van der Waals surface area contributed by atoms with Crippen molar-refractivity contribution in [3.8, 4) is 0 Å². The third-order valence-corrected chi connectivity index (χ3v) is 3.52. The predicted molar refractivity (Wildman–Crippen MR) is 85.1 cm³/mol. The van der Waals surface area contributed by atoms with Gasteiger partial charge in [0.2, 0.25) is 0 Å². The van der Waals surface area contributed by atoms with Crippen LogP contribution in [0.15, 0.2) is 52.1 Å². The number of aliphatic imine (C=N–C) groups is 1. The van der Waals surface area contributed by atoms with Gasteiger partial charge in [-0.3, -0.25) is 9.98 Å². The molecule has 1 aliphatic heterocycles. The maximum Gasteiger partial charge on any atom is 0.102 e. The molecule has 2 heterocycles. The molecule has 19 heavy (non-hydrogen) atoms.